The van der Waals surface area contributed by atoms with E-state index in [0.717, 1.165) is 24.1 Å². The largest absolute Gasteiger partial charge is 0.350 e. The van der Waals surface area contributed by atoms with E-state index in [4.69, 9.17) is 5.73 Å². The summed E-state index contributed by atoms with van der Waals surface area (Å²) in [7, 11) is 0. The van der Waals surface area contributed by atoms with Crippen LogP contribution in [0.3, 0.4) is 0 Å². The summed E-state index contributed by atoms with van der Waals surface area (Å²) in [6.45, 7) is 1.81. The van der Waals surface area contributed by atoms with Crippen LogP contribution < -0.4 is 11.1 Å². The third-order valence-corrected chi connectivity index (χ3v) is 4.47. The number of carbonyl (C=O) groups excluding carboxylic acids is 2. The summed E-state index contributed by atoms with van der Waals surface area (Å²) >= 11 is 0. The van der Waals surface area contributed by atoms with Crippen molar-refractivity contribution >= 4 is 11.8 Å². The van der Waals surface area contributed by atoms with Crippen LogP contribution in [-0.4, -0.2) is 29.8 Å². The van der Waals surface area contributed by atoms with Gasteiger partial charge in [0.1, 0.15) is 0 Å². The molecule has 130 valence electrons. The fourth-order valence-electron chi connectivity index (χ4n) is 2.98. The molecule has 0 saturated carbocycles. The van der Waals surface area contributed by atoms with Crippen LogP contribution in [0, 0.1) is 0 Å². The van der Waals surface area contributed by atoms with Gasteiger partial charge in [-0.25, -0.2) is 0 Å². The van der Waals surface area contributed by atoms with Crippen LogP contribution >= 0.6 is 0 Å². The topological polar surface area (TPSA) is 75.4 Å². The molecule has 1 saturated heterocycles. The van der Waals surface area contributed by atoms with Gasteiger partial charge in [-0.3, -0.25) is 9.59 Å². The number of likely N-dealkylation sites (tertiary alicyclic amines) is 1. The summed E-state index contributed by atoms with van der Waals surface area (Å²) in [5.41, 5.74) is 8.72. The van der Waals surface area contributed by atoms with Crippen molar-refractivity contribution in [1.82, 2.24) is 10.2 Å². The SMILES string of the molecule is NC(CNC(=O)c1ccc(CN2CCCC2=O)cc1)c1ccccc1. The molecular formula is C20H23N3O2. The van der Waals surface area contributed by atoms with Gasteiger partial charge in [0.05, 0.1) is 0 Å². The molecule has 0 radical (unpaired) electrons. The minimum absolute atomic E-state index is 0.143. The van der Waals surface area contributed by atoms with E-state index >= 15 is 0 Å². The number of hydrogen-bond acceptors (Lipinski definition) is 3. The van der Waals surface area contributed by atoms with Gasteiger partial charge < -0.3 is 16.0 Å². The summed E-state index contributed by atoms with van der Waals surface area (Å²) in [5, 5.41) is 2.87. The van der Waals surface area contributed by atoms with Crippen LogP contribution in [0.1, 0.15) is 40.4 Å². The summed E-state index contributed by atoms with van der Waals surface area (Å²) < 4.78 is 0. The van der Waals surface area contributed by atoms with Crippen molar-refractivity contribution in [2.75, 3.05) is 13.1 Å². The van der Waals surface area contributed by atoms with Gasteiger partial charge in [-0.1, -0.05) is 42.5 Å². The van der Waals surface area contributed by atoms with E-state index < -0.39 is 0 Å². The molecular weight excluding hydrogens is 314 g/mol. The molecule has 1 aliphatic heterocycles. The molecule has 0 spiro atoms. The third-order valence-electron chi connectivity index (χ3n) is 4.47. The van der Waals surface area contributed by atoms with Crippen molar-refractivity contribution in [1.29, 1.82) is 0 Å². The second-order valence-corrected chi connectivity index (χ2v) is 6.34. The highest BCUT2D eigenvalue weighted by Crippen LogP contribution is 2.15. The van der Waals surface area contributed by atoms with Crippen molar-refractivity contribution < 1.29 is 9.59 Å². The molecule has 1 fully saturated rings. The maximum Gasteiger partial charge on any atom is 0.251 e. The van der Waals surface area contributed by atoms with Gasteiger partial charge in [0, 0.05) is 37.7 Å². The smallest absolute Gasteiger partial charge is 0.251 e. The highest BCUT2D eigenvalue weighted by molar-refractivity contribution is 5.94. The van der Waals surface area contributed by atoms with Crippen molar-refractivity contribution in [3.05, 3.63) is 71.3 Å². The Bertz CT molecular complexity index is 728. The molecule has 2 aromatic carbocycles. The first-order valence-electron chi connectivity index (χ1n) is 8.59. The summed E-state index contributed by atoms with van der Waals surface area (Å²) in [6.07, 6.45) is 1.57. The molecule has 3 rings (SSSR count). The third kappa shape index (κ3) is 4.45. The van der Waals surface area contributed by atoms with Gasteiger partial charge in [-0.05, 0) is 29.7 Å². The van der Waals surface area contributed by atoms with E-state index in [1.807, 2.05) is 47.4 Å². The van der Waals surface area contributed by atoms with Gasteiger partial charge in [-0.2, -0.15) is 0 Å². The predicted molar refractivity (Wildman–Crippen MR) is 96.8 cm³/mol. The first kappa shape index (κ1) is 17.2. The predicted octanol–water partition coefficient (Wildman–Crippen LogP) is 2.24. The number of amides is 2. The van der Waals surface area contributed by atoms with Crippen LogP contribution in [0.25, 0.3) is 0 Å². The average Bonchev–Trinajstić information content (AvgIpc) is 3.05. The monoisotopic (exact) mass is 337 g/mol. The van der Waals surface area contributed by atoms with Crippen LogP contribution in [0.15, 0.2) is 54.6 Å². The van der Waals surface area contributed by atoms with Gasteiger partial charge in [-0.15, -0.1) is 0 Å². The molecule has 0 bridgehead atoms. The van der Waals surface area contributed by atoms with Gasteiger partial charge in [0.25, 0.3) is 5.91 Å². The van der Waals surface area contributed by atoms with Crippen LogP contribution in [0.5, 0.6) is 0 Å². The minimum Gasteiger partial charge on any atom is -0.350 e. The zero-order valence-corrected chi connectivity index (χ0v) is 14.2. The Morgan fingerprint density at radius 1 is 1.12 bits per heavy atom. The highest BCUT2D eigenvalue weighted by atomic mass is 16.2. The van der Waals surface area contributed by atoms with E-state index in [1.165, 1.54) is 0 Å². The Hall–Kier alpha value is -2.66. The molecule has 0 aromatic heterocycles. The van der Waals surface area contributed by atoms with Gasteiger partial charge in [0.2, 0.25) is 5.91 Å². The number of nitrogens with two attached hydrogens (primary N) is 1. The van der Waals surface area contributed by atoms with E-state index in [0.29, 0.717) is 25.1 Å². The molecule has 1 unspecified atom stereocenters. The lowest BCUT2D eigenvalue weighted by Crippen LogP contribution is -2.31. The number of hydrogen-bond donors (Lipinski definition) is 2. The molecule has 5 nitrogen and oxygen atoms in total. The fraction of sp³-hybridized carbons (Fsp3) is 0.300. The van der Waals surface area contributed by atoms with E-state index in [2.05, 4.69) is 5.32 Å². The Balaban J connectivity index is 1.53. The molecule has 1 aliphatic rings. The van der Waals surface area contributed by atoms with Crippen molar-refractivity contribution in [2.45, 2.75) is 25.4 Å². The maximum absolute atomic E-state index is 12.3. The normalized spacial score (nSPS) is 15.2. The number of benzene rings is 2. The molecule has 5 heteroatoms. The Labute approximate surface area is 147 Å². The van der Waals surface area contributed by atoms with Gasteiger partial charge >= 0.3 is 0 Å². The Morgan fingerprint density at radius 3 is 2.48 bits per heavy atom. The van der Waals surface area contributed by atoms with Crippen molar-refractivity contribution in [3.63, 3.8) is 0 Å². The maximum atomic E-state index is 12.3. The summed E-state index contributed by atoms with van der Waals surface area (Å²) in [6, 6.07) is 16.9. The average molecular weight is 337 g/mol. The van der Waals surface area contributed by atoms with Gasteiger partial charge in [0.15, 0.2) is 0 Å². The van der Waals surface area contributed by atoms with E-state index in [1.54, 1.807) is 12.1 Å². The summed E-state index contributed by atoms with van der Waals surface area (Å²) in [4.78, 5) is 25.8. The number of nitrogens with zero attached hydrogens (tertiary/aromatic N) is 1. The van der Waals surface area contributed by atoms with Crippen LogP contribution in [0.4, 0.5) is 0 Å². The molecule has 2 aromatic rings. The van der Waals surface area contributed by atoms with Crippen LogP contribution in [0.2, 0.25) is 0 Å². The quantitative estimate of drug-likeness (QED) is 0.849. The van der Waals surface area contributed by atoms with E-state index in [-0.39, 0.29) is 17.9 Å². The molecule has 2 amide bonds. The van der Waals surface area contributed by atoms with Crippen molar-refractivity contribution in [3.8, 4) is 0 Å². The highest BCUT2D eigenvalue weighted by Gasteiger charge is 2.20. The molecule has 0 aliphatic carbocycles. The number of carbonyl (C=O) groups is 2. The molecule has 25 heavy (non-hydrogen) atoms. The fourth-order valence-corrected chi connectivity index (χ4v) is 2.98. The molecule has 1 atom stereocenters. The van der Waals surface area contributed by atoms with E-state index in [9.17, 15) is 9.59 Å². The second kappa shape index (κ2) is 7.94. The first-order chi connectivity index (χ1) is 12.1. The molecule has 1 heterocycles. The lowest BCUT2D eigenvalue weighted by atomic mass is 10.1. The second-order valence-electron chi connectivity index (χ2n) is 6.34. The lowest BCUT2D eigenvalue weighted by molar-refractivity contribution is -0.128. The van der Waals surface area contributed by atoms with Crippen LogP contribution in [-0.2, 0) is 11.3 Å². The Kier molecular flexibility index (Phi) is 5.46. The zero-order valence-electron chi connectivity index (χ0n) is 14.2. The Morgan fingerprint density at radius 2 is 1.84 bits per heavy atom. The first-order valence-corrected chi connectivity index (χ1v) is 8.59. The van der Waals surface area contributed by atoms with Crippen molar-refractivity contribution in [2.24, 2.45) is 5.73 Å². The number of nitrogens with one attached hydrogen (secondary N) is 1. The molecule has 3 N–H and O–H groups in total. The minimum atomic E-state index is -0.231. The standard InChI is InChI=1S/C20H23N3O2/c21-18(16-5-2-1-3-6-16)13-22-20(25)17-10-8-15(9-11-17)14-23-12-4-7-19(23)24/h1-3,5-6,8-11,18H,4,7,12-14,21H2,(H,22,25). The lowest BCUT2D eigenvalue weighted by Gasteiger charge is -2.16. The summed E-state index contributed by atoms with van der Waals surface area (Å²) in [5.74, 6) is 0.0619. The number of rotatable bonds is 6. The zero-order chi connectivity index (χ0) is 17.6.